The Morgan fingerprint density at radius 3 is 2.57 bits per heavy atom. The van der Waals surface area contributed by atoms with Gasteiger partial charge in [-0.2, -0.15) is 0 Å². The van der Waals surface area contributed by atoms with Crippen LogP contribution >= 0.6 is 0 Å². The van der Waals surface area contributed by atoms with Crippen molar-refractivity contribution in [3.63, 3.8) is 0 Å². The molecular weight excluding hydrogens is 353 g/mol. The van der Waals surface area contributed by atoms with E-state index >= 15 is 0 Å². The molecule has 3 rings (SSSR count). The lowest BCUT2D eigenvalue weighted by Crippen LogP contribution is -2.47. The van der Waals surface area contributed by atoms with Crippen LogP contribution in [0.25, 0.3) is 0 Å². The van der Waals surface area contributed by atoms with Crippen LogP contribution < -0.4 is 10.2 Å². The zero-order valence-corrected chi connectivity index (χ0v) is 16.8. The summed E-state index contributed by atoms with van der Waals surface area (Å²) in [7, 11) is 0. The van der Waals surface area contributed by atoms with E-state index in [0.29, 0.717) is 5.56 Å². The molecule has 0 aromatic heterocycles. The minimum Gasteiger partial charge on any atom is -0.369 e. The normalized spacial score (nSPS) is 16.0. The van der Waals surface area contributed by atoms with Crippen molar-refractivity contribution in [2.24, 2.45) is 0 Å². The van der Waals surface area contributed by atoms with E-state index in [1.165, 1.54) is 17.3 Å². The van der Waals surface area contributed by atoms with Gasteiger partial charge in [0.2, 0.25) is 5.91 Å². The van der Waals surface area contributed by atoms with E-state index < -0.39 is 0 Å². The van der Waals surface area contributed by atoms with Crippen molar-refractivity contribution >= 4 is 11.6 Å². The predicted molar refractivity (Wildman–Crippen MR) is 112 cm³/mol. The first kappa shape index (κ1) is 20.3. The summed E-state index contributed by atoms with van der Waals surface area (Å²) in [5.41, 5.74) is 3.03. The highest BCUT2D eigenvalue weighted by atomic mass is 19.1. The second kappa shape index (κ2) is 9.69. The topological polar surface area (TPSA) is 35.6 Å². The molecule has 28 heavy (non-hydrogen) atoms. The van der Waals surface area contributed by atoms with E-state index in [9.17, 15) is 9.18 Å². The van der Waals surface area contributed by atoms with Crippen molar-refractivity contribution in [2.75, 3.05) is 37.6 Å². The van der Waals surface area contributed by atoms with Crippen LogP contribution in [0.5, 0.6) is 0 Å². The lowest BCUT2D eigenvalue weighted by atomic mass is 10.1. The van der Waals surface area contributed by atoms with Crippen molar-refractivity contribution in [1.82, 2.24) is 10.2 Å². The summed E-state index contributed by atoms with van der Waals surface area (Å²) < 4.78 is 13.7. The molecule has 1 unspecified atom stereocenters. The van der Waals surface area contributed by atoms with Crippen molar-refractivity contribution in [1.29, 1.82) is 0 Å². The molecule has 1 atom stereocenters. The molecule has 1 fully saturated rings. The third kappa shape index (κ3) is 5.80. The summed E-state index contributed by atoms with van der Waals surface area (Å²) in [5.74, 6) is -0.446. The number of hydrogen-bond acceptors (Lipinski definition) is 3. The molecule has 0 radical (unpaired) electrons. The molecule has 0 bridgehead atoms. The maximum atomic E-state index is 13.7. The van der Waals surface area contributed by atoms with E-state index in [1.54, 1.807) is 18.2 Å². The van der Waals surface area contributed by atoms with Gasteiger partial charge in [-0.05, 0) is 49.6 Å². The highest BCUT2D eigenvalue weighted by molar-refractivity contribution is 5.78. The summed E-state index contributed by atoms with van der Waals surface area (Å²) in [6.07, 6.45) is 0.986. The van der Waals surface area contributed by atoms with Gasteiger partial charge in [-0.1, -0.05) is 30.3 Å². The smallest absolute Gasteiger partial charge is 0.224 e. The van der Waals surface area contributed by atoms with Gasteiger partial charge in [0.15, 0.2) is 0 Å². The fourth-order valence-electron chi connectivity index (χ4n) is 3.64. The van der Waals surface area contributed by atoms with Crippen LogP contribution in [0.1, 0.15) is 24.5 Å². The van der Waals surface area contributed by atoms with Crippen LogP contribution in [0.2, 0.25) is 0 Å². The summed E-state index contributed by atoms with van der Waals surface area (Å²) in [4.78, 5) is 17.0. The van der Waals surface area contributed by atoms with Gasteiger partial charge in [0, 0.05) is 44.5 Å². The molecule has 1 aliphatic heterocycles. The van der Waals surface area contributed by atoms with Gasteiger partial charge < -0.3 is 10.2 Å². The molecular formula is C23H30FN3O. The fourth-order valence-corrected chi connectivity index (χ4v) is 3.64. The Hall–Kier alpha value is -2.40. The lowest BCUT2D eigenvalue weighted by Gasteiger charge is -2.36. The van der Waals surface area contributed by atoms with Crippen LogP contribution in [-0.2, 0) is 11.2 Å². The number of nitrogens with one attached hydrogen (secondary N) is 1. The highest BCUT2D eigenvalue weighted by Gasteiger charge is 2.18. The monoisotopic (exact) mass is 383 g/mol. The molecule has 0 aliphatic carbocycles. The van der Waals surface area contributed by atoms with E-state index in [4.69, 9.17) is 0 Å². The second-order valence-corrected chi connectivity index (χ2v) is 7.69. The van der Waals surface area contributed by atoms with Crippen molar-refractivity contribution in [3.05, 3.63) is 65.5 Å². The number of piperazine rings is 1. The Labute approximate surface area is 167 Å². The molecule has 150 valence electrons. The number of amides is 1. The fraction of sp³-hybridized carbons (Fsp3) is 0.435. The molecule has 1 aliphatic rings. The average molecular weight is 384 g/mol. The lowest BCUT2D eigenvalue weighted by molar-refractivity contribution is -0.121. The molecule has 1 amide bonds. The quantitative estimate of drug-likeness (QED) is 0.796. The second-order valence-electron chi connectivity index (χ2n) is 7.69. The van der Waals surface area contributed by atoms with Crippen LogP contribution in [0.3, 0.4) is 0 Å². The zero-order valence-electron chi connectivity index (χ0n) is 16.8. The first-order chi connectivity index (χ1) is 13.5. The molecule has 1 heterocycles. The van der Waals surface area contributed by atoms with E-state index in [-0.39, 0.29) is 24.2 Å². The van der Waals surface area contributed by atoms with Crippen LogP contribution in [-0.4, -0.2) is 49.6 Å². The van der Waals surface area contributed by atoms with E-state index in [2.05, 4.69) is 46.3 Å². The first-order valence-corrected chi connectivity index (χ1v) is 10.1. The summed E-state index contributed by atoms with van der Waals surface area (Å²) in [6, 6.07) is 15.2. The molecule has 0 spiro atoms. The maximum absolute atomic E-state index is 13.7. The van der Waals surface area contributed by atoms with Crippen LogP contribution in [0.15, 0.2) is 48.5 Å². The number of hydrogen-bond donors (Lipinski definition) is 1. The Morgan fingerprint density at radius 2 is 1.86 bits per heavy atom. The van der Waals surface area contributed by atoms with Gasteiger partial charge >= 0.3 is 0 Å². The van der Waals surface area contributed by atoms with E-state index in [1.807, 2.05) is 6.92 Å². The number of carbonyl (C=O) groups excluding carboxylic acids is 1. The van der Waals surface area contributed by atoms with Gasteiger partial charge in [-0.3, -0.25) is 9.69 Å². The highest BCUT2D eigenvalue weighted by Crippen LogP contribution is 2.18. The molecule has 2 aromatic carbocycles. The number of benzene rings is 2. The Morgan fingerprint density at radius 1 is 1.11 bits per heavy atom. The number of carbonyl (C=O) groups is 1. The van der Waals surface area contributed by atoms with Crippen LogP contribution in [0, 0.1) is 12.7 Å². The number of rotatable bonds is 7. The summed E-state index contributed by atoms with van der Waals surface area (Å²) in [6.45, 7) is 9.22. The van der Waals surface area contributed by atoms with Gasteiger partial charge in [0.1, 0.15) is 5.82 Å². The molecule has 1 N–H and O–H groups in total. The predicted octanol–water partition coefficient (Wildman–Crippen LogP) is 3.39. The van der Waals surface area contributed by atoms with Crippen molar-refractivity contribution < 1.29 is 9.18 Å². The van der Waals surface area contributed by atoms with E-state index in [0.717, 1.165) is 39.1 Å². The van der Waals surface area contributed by atoms with Crippen molar-refractivity contribution in [3.8, 4) is 0 Å². The van der Waals surface area contributed by atoms with Gasteiger partial charge in [-0.25, -0.2) is 4.39 Å². The molecule has 4 nitrogen and oxygen atoms in total. The minimum atomic E-state index is -0.322. The molecule has 2 aromatic rings. The Balaban J connectivity index is 1.38. The zero-order chi connectivity index (χ0) is 19.9. The third-order valence-corrected chi connectivity index (χ3v) is 5.33. The molecule has 0 saturated carbocycles. The van der Waals surface area contributed by atoms with Gasteiger partial charge in [0.25, 0.3) is 0 Å². The minimum absolute atomic E-state index is 0.0778. The number of anilines is 1. The van der Waals surface area contributed by atoms with Crippen molar-refractivity contribution in [2.45, 2.75) is 32.7 Å². The Bertz CT molecular complexity index is 787. The molecule has 5 heteroatoms. The Kier molecular flexibility index (Phi) is 7.04. The maximum Gasteiger partial charge on any atom is 0.224 e. The van der Waals surface area contributed by atoms with Gasteiger partial charge in [0.05, 0.1) is 6.42 Å². The molecule has 1 saturated heterocycles. The van der Waals surface area contributed by atoms with Crippen LogP contribution in [0.4, 0.5) is 10.1 Å². The summed E-state index contributed by atoms with van der Waals surface area (Å²) in [5, 5.41) is 2.99. The largest absolute Gasteiger partial charge is 0.369 e. The standard InChI is InChI=1S/C23H30FN3O/c1-18-6-5-8-21(16-18)27-14-12-26(13-15-27)11-10-19(2)25-23(28)17-20-7-3-4-9-22(20)24/h3-9,16,19H,10-15,17H2,1-2H3,(H,25,28). The number of nitrogens with zero attached hydrogens (tertiary/aromatic N) is 2. The number of aryl methyl sites for hydroxylation is 1. The summed E-state index contributed by atoms with van der Waals surface area (Å²) >= 11 is 0. The number of halogens is 1. The van der Waals surface area contributed by atoms with Gasteiger partial charge in [-0.15, -0.1) is 0 Å². The first-order valence-electron chi connectivity index (χ1n) is 10.1. The average Bonchev–Trinajstić information content (AvgIpc) is 2.68. The SMILES string of the molecule is Cc1cccc(N2CCN(CCC(C)NC(=O)Cc3ccccc3F)CC2)c1. The third-order valence-electron chi connectivity index (χ3n) is 5.33.